The minimum atomic E-state index is -1.33. The zero-order valence-electron chi connectivity index (χ0n) is 16.8. The first-order valence-corrected chi connectivity index (χ1v) is 10.3. The van der Waals surface area contributed by atoms with Gasteiger partial charge >= 0.3 is 5.97 Å². The topological polar surface area (TPSA) is 78.8 Å². The first-order valence-electron chi connectivity index (χ1n) is 9.94. The number of hydrogen-bond acceptors (Lipinski definition) is 4. The van der Waals surface area contributed by atoms with E-state index in [1.807, 2.05) is 30.3 Å². The van der Waals surface area contributed by atoms with Crippen LogP contribution in [0.25, 0.3) is 0 Å². The number of carboxylic acids is 1. The molecule has 6 heteroatoms. The van der Waals surface area contributed by atoms with Crippen molar-refractivity contribution in [3.63, 3.8) is 0 Å². The predicted molar refractivity (Wildman–Crippen MR) is 113 cm³/mol. The monoisotopic (exact) mass is 417 g/mol. The van der Waals surface area contributed by atoms with Crippen LogP contribution in [0.5, 0.6) is 0 Å². The Balaban J connectivity index is 1.82. The molecule has 0 saturated heterocycles. The van der Waals surface area contributed by atoms with Crippen molar-refractivity contribution in [3.05, 3.63) is 70.2 Å². The van der Waals surface area contributed by atoms with E-state index >= 15 is 0 Å². The van der Waals surface area contributed by atoms with Crippen LogP contribution in [-0.4, -0.2) is 34.4 Å². The molecule has 2 unspecified atom stereocenters. The molecule has 0 radical (unpaired) electrons. The molecule has 3 atom stereocenters. The number of fused-ring (bicyclic) bond motifs is 1. The molecule has 3 rings (SSSR count). The van der Waals surface area contributed by atoms with Crippen molar-refractivity contribution in [2.45, 2.75) is 57.0 Å². The van der Waals surface area contributed by atoms with Crippen molar-refractivity contribution in [1.82, 2.24) is 5.32 Å². The van der Waals surface area contributed by atoms with Crippen molar-refractivity contribution >= 4 is 17.6 Å². The molecule has 0 spiro atoms. The summed E-state index contributed by atoms with van der Waals surface area (Å²) in [6.45, 7) is 3.46. The van der Waals surface area contributed by atoms with Gasteiger partial charge in [-0.3, -0.25) is 0 Å². The molecule has 2 aromatic rings. The summed E-state index contributed by atoms with van der Waals surface area (Å²) in [5.41, 5.74) is 1.60. The lowest BCUT2D eigenvalue weighted by Gasteiger charge is -2.34. The molecule has 0 aliphatic heterocycles. The first-order chi connectivity index (χ1) is 13.8. The van der Waals surface area contributed by atoms with Gasteiger partial charge in [0.15, 0.2) is 5.60 Å². The molecule has 2 aromatic carbocycles. The highest BCUT2D eigenvalue weighted by molar-refractivity contribution is 6.30. The number of rotatable bonds is 7. The third-order valence-corrected chi connectivity index (χ3v) is 5.67. The van der Waals surface area contributed by atoms with Gasteiger partial charge in [-0.2, -0.15) is 0 Å². The fraction of sp³-hybridized carbons (Fsp3) is 0.435. The van der Waals surface area contributed by atoms with E-state index in [-0.39, 0.29) is 6.04 Å². The van der Waals surface area contributed by atoms with Gasteiger partial charge < -0.3 is 20.3 Å². The quantitative estimate of drug-likeness (QED) is 0.586. The Kier molecular flexibility index (Phi) is 6.96. The molecule has 3 N–H and O–H groups in total. The summed E-state index contributed by atoms with van der Waals surface area (Å²) in [5.74, 6) is -1.00. The molecule has 0 aromatic heterocycles. The third-order valence-electron chi connectivity index (χ3n) is 5.43. The van der Waals surface area contributed by atoms with Gasteiger partial charge in [0.05, 0.1) is 12.2 Å². The number of ether oxygens (including phenoxy) is 1. The van der Waals surface area contributed by atoms with Gasteiger partial charge in [-0.1, -0.05) is 48.0 Å². The van der Waals surface area contributed by atoms with Crippen molar-refractivity contribution in [2.24, 2.45) is 0 Å². The van der Waals surface area contributed by atoms with E-state index in [4.69, 9.17) is 16.3 Å². The number of benzene rings is 2. The lowest BCUT2D eigenvalue weighted by atomic mass is 9.97. The first kappa shape index (κ1) is 21.8. The van der Waals surface area contributed by atoms with Gasteiger partial charge in [-0.15, -0.1) is 0 Å². The maximum absolute atomic E-state index is 11.7. The number of hydrogen-bond donors (Lipinski definition) is 3. The van der Waals surface area contributed by atoms with Crippen LogP contribution in [0, 0.1) is 0 Å². The predicted octanol–water partition coefficient (Wildman–Crippen LogP) is 4.29. The lowest BCUT2D eigenvalue weighted by molar-refractivity contribution is -0.171. The maximum atomic E-state index is 11.7. The summed E-state index contributed by atoms with van der Waals surface area (Å²) in [4.78, 5) is 11.7. The van der Waals surface area contributed by atoms with E-state index in [1.165, 1.54) is 5.56 Å². The highest BCUT2D eigenvalue weighted by Crippen LogP contribution is 2.35. The Bertz CT molecular complexity index is 854. The molecule has 156 valence electrons. The Hall–Kier alpha value is -1.92. The molecule has 0 bridgehead atoms. The smallest absolute Gasteiger partial charge is 0.335 e. The van der Waals surface area contributed by atoms with Gasteiger partial charge in [0.2, 0.25) is 0 Å². The van der Waals surface area contributed by atoms with Crippen LogP contribution in [-0.2, 0) is 16.0 Å². The summed E-state index contributed by atoms with van der Waals surface area (Å²) in [5, 5.41) is 24.2. The highest BCUT2D eigenvalue weighted by Gasteiger charge is 2.37. The van der Waals surface area contributed by atoms with E-state index in [2.05, 4.69) is 11.4 Å². The van der Waals surface area contributed by atoms with Crippen LogP contribution in [0.1, 0.15) is 55.6 Å². The molecule has 1 aliphatic rings. The Morgan fingerprint density at radius 3 is 2.76 bits per heavy atom. The number of nitrogens with one attached hydrogen (secondary N) is 1. The second-order valence-corrected chi connectivity index (χ2v) is 8.47. The van der Waals surface area contributed by atoms with Crippen LogP contribution in [0.3, 0.4) is 0 Å². The number of carbonyl (C=O) groups is 1. The summed E-state index contributed by atoms with van der Waals surface area (Å²) < 4.78 is 6.15. The van der Waals surface area contributed by atoms with Crippen LogP contribution in [0.15, 0.2) is 48.5 Å². The average molecular weight is 418 g/mol. The van der Waals surface area contributed by atoms with Gasteiger partial charge in [0, 0.05) is 17.6 Å². The van der Waals surface area contributed by atoms with Gasteiger partial charge in [-0.05, 0) is 61.9 Å². The molecule has 0 amide bonds. The van der Waals surface area contributed by atoms with E-state index in [0.29, 0.717) is 11.6 Å². The van der Waals surface area contributed by atoms with E-state index in [1.54, 1.807) is 26.0 Å². The lowest BCUT2D eigenvalue weighted by Crippen LogP contribution is -2.44. The molecule has 0 saturated carbocycles. The van der Waals surface area contributed by atoms with Crippen molar-refractivity contribution in [1.29, 1.82) is 0 Å². The molecule has 5 nitrogen and oxygen atoms in total. The van der Waals surface area contributed by atoms with Crippen LogP contribution in [0.2, 0.25) is 5.02 Å². The molecule has 29 heavy (non-hydrogen) atoms. The standard InChI is InChI=1S/C23H28ClNO4/c1-23(2,22(27)28)29-21-18-11-4-3-7-15(18)8-6-12-19(21)25-14-20(26)16-9-5-10-17(24)13-16/h3-5,7,9-11,13,19-21,25-26H,6,8,12,14H2,1-2H3,(H,27,28)/t19?,20-,21?/m0/s1. The fourth-order valence-electron chi connectivity index (χ4n) is 3.74. The minimum Gasteiger partial charge on any atom is -0.479 e. The minimum absolute atomic E-state index is 0.119. The third kappa shape index (κ3) is 5.37. The van der Waals surface area contributed by atoms with Crippen molar-refractivity contribution in [2.75, 3.05) is 6.54 Å². The number of carboxylic acid groups (broad SMARTS) is 1. The number of aryl methyl sites for hydroxylation is 1. The second-order valence-electron chi connectivity index (χ2n) is 8.03. The number of aliphatic hydroxyl groups is 1. The van der Waals surface area contributed by atoms with Gasteiger partial charge in [0.25, 0.3) is 0 Å². The normalized spacial score (nSPS) is 20.6. The van der Waals surface area contributed by atoms with E-state index in [0.717, 1.165) is 30.4 Å². The summed E-state index contributed by atoms with van der Waals surface area (Å²) in [7, 11) is 0. The zero-order chi connectivity index (χ0) is 21.0. The summed E-state index contributed by atoms with van der Waals surface area (Å²) in [6, 6.07) is 15.1. The zero-order valence-corrected chi connectivity index (χ0v) is 17.5. The SMILES string of the molecule is CC(C)(OC1c2ccccc2CCCC1NC[C@H](O)c1cccc(Cl)c1)C(=O)O. The highest BCUT2D eigenvalue weighted by atomic mass is 35.5. The molecule has 1 aliphatic carbocycles. The number of aliphatic carboxylic acids is 1. The van der Waals surface area contributed by atoms with Gasteiger partial charge in [0.1, 0.15) is 0 Å². The van der Waals surface area contributed by atoms with Crippen LogP contribution in [0.4, 0.5) is 0 Å². The van der Waals surface area contributed by atoms with E-state index < -0.39 is 23.8 Å². The van der Waals surface area contributed by atoms with Crippen LogP contribution >= 0.6 is 11.6 Å². The van der Waals surface area contributed by atoms with Gasteiger partial charge in [-0.25, -0.2) is 4.79 Å². The van der Waals surface area contributed by atoms with Crippen molar-refractivity contribution < 1.29 is 19.7 Å². The summed E-state index contributed by atoms with van der Waals surface area (Å²) in [6.07, 6.45) is 1.54. The van der Waals surface area contributed by atoms with Crippen LogP contribution < -0.4 is 5.32 Å². The molecular formula is C23H28ClNO4. The molecule has 0 heterocycles. The van der Waals surface area contributed by atoms with Crippen molar-refractivity contribution in [3.8, 4) is 0 Å². The summed E-state index contributed by atoms with van der Waals surface area (Å²) >= 11 is 6.03. The second kappa shape index (κ2) is 9.26. The average Bonchev–Trinajstić information content (AvgIpc) is 2.85. The fourth-order valence-corrected chi connectivity index (χ4v) is 3.94. The Labute approximate surface area is 176 Å². The Morgan fingerprint density at radius 1 is 1.28 bits per heavy atom. The number of halogens is 1. The molecule has 0 fully saturated rings. The number of aliphatic hydroxyl groups excluding tert-OH is 1. The maximum Gasteiger partial charge on any atom is 0.335 e. The largest absolute Gasteiger partial charge is 0.479 e. The Morgan fingerprint density at radius 2 is 2.03 bits per heavy atom. The van der Waals surface area contributed by atoms with E-state index in [9.17, 15) is 15.0 Å². The molecular weight excluding hydrogens is 390 g/mol.